The van der Waals surface area contributed by atoms with Gasteiger partial charge >= 0.3 is 0 Å². The summed E-state index contributed by atoms with van der Waals surface area (Å²) in [6.45, 7) is 3.11. The standard InChI is InChI=1S/C14H19N3S/c1-12-5-2-3-6-13(12)11-18-10-4-8-17-9-7-14(15)16-17/h2-3,5-7,9H,4,8,10-11H2,1H3,(H2,15,16). The zero-order valence-electron chi connectivity index (χ0n) is 10.7. The van der Waals surface area contributed by atoms with E-state index in [1.807, 2.05) is 28.7 Å². The molecule has 0 radical (unpaired) electrons. The Labute approximate surface area is 112 Å². The monoisotopic (exact) mass is 261 g/mol. The van der Waals surface area contributed by atoms with E-state index < -0.39 is 0 Å². The average Bonchev–Trinajstić information content (AvgIpc) is 2.77. The van der Waals surface area contributed by atoms with Crippen LogP contribution in [0.5, 0.6) is 0 Å². The molecule has 2 aromatic rings. The minimum absolute atomic E-state index is 0.600. The summed E-state index contributed by atoms with van der Waals surface area (Å²) in [6, 6.07) is 10.4. The lowest BCUT2D eigenvalue weighted by molar-refractivity contribution is 0.608. The molecule has 0 aliphatic rings. The highest BCUT2D eigenvalue weighted by atomic mass is 32.2. The van der Waals surface area contributed by atoms with Gasteiger partial charge < -0.3 is 5.73 Å². The molecule has 0 saturated carbocycles. The van der Waals surface area contributed by atoms with Crippen molar-refractivity contribution >= 4 is 17.6 Å². The average molecular weight is 261 g/mol. The highest BCUT2D eigenvalue weighted by Crippen LogP contribution is 2.16. The van der Waals surface area contributed by atoms with Gasteiger partial charge in [0.25, 0.3) is 0 Å². The fraction of sp³-hybridized carbons (Fsp3) is 0.357. The molecule has 0 aliphatic carbocycles. The first-order valence-corrected chi connectivity index (χ1v) is 7.32. The Hall–Kier alpha value is -1.42. The van der Waals surface area contributed by atoms with Crippen molar-refractivity contribution in [3.8, 4) is 0 Å². The van der Waals surface area contributed by atoms with E-state index in [4.69, 9.17) is 5.73 Å². The van der Waals surface area contributed by atoms with Crippen molar-refractivity contribution in [2.75, 3.05) is 11.5 Å². The summed E-state index contributed by atoms with van der Waals surface area (Å²) in [6.07, 6.45) is 3.05. The lowest BCUT2D eigenvalue weighted by Crippen LogP contribution is -2.00. The molecule has 3 nitrogen and oxygen atoms in total. The van der Waals surface area contributed by atoms with Crippen LogP contribution in [-0.2, 0) is 12.3 Å². The highest BCUT2D eigenvalue weighted by molar-refractivity contribution is 7.98. The topological polar surface area (TPSA) is 43.8 Å². The summed E-state index contributed by atoms with van der Waals surface area (Å²) < 4.78 is 1.91. The number of thioether (sulfide) groups is 1. The fourth-order valence-corrected chi connectivity index (χ4v) is 2.81. The van der Waals surface area contributed by atoms with Crippen molar-refractivity contribution in [1.29, 1.82) is 0 Å². The van der Waals surface area contributed by atoms with Crippen molar-refractivity contribution in [2.24, 2.45) is 0 Å². The molecule has 0 amide bonds. The minimum Gasteiger partial charge on any atom is -0.382 e. The number of benzene rings is 1. The molecule has 2 rings (SSSR count). The second-order valence-corrected chi connectivity index (χ2v) is 5.44. The number of aryl methyl sites for hydroxylation is 2. The predicted octanol–water partition coefficient (Wildman–Crippen LogP) is 3.10. The second kappa shape index (κ2) is 6.50. The van der Waals surface area contributed by atoms with Crippen LogP contribution < -0.4 is 5.73 Å². The third-order valence-electron chi connectivity index (χ3n) is 2.86. The van der Waals surface area contributed by atoms with Gasteiger partial charge in [0.05, 0.1) is 0 Å². The molecule has 1 aromatic carbocycles. The van der Waals surface area contributed by atoms with E-state index in [1.54, 1.807) is 0 Å². The molecular formula is C14H19N3S. The van der Waals surface area contributed by atoms with E-state index >= 15 is 0 Å². The number of nitrogen functional groups attached to an aromatic ring is 1. The van der Waals surface area contributed by atoms with Gasteiger partial charge in [-0.15, -0.1) is 0 Å². The minimum atomic E-state index is 0.600. The third kappa shape index (κ3) is 3.81. The van der Waals surface area contributed by atoms with E-state index in [2.05, 4.69) is 36.3 Å². The summed E-state index contributed by atoms with van der Waals surface area (Å²) in [5.74, 6) is 2.84. The summed E-state index contributed by atoms with van der Waals surface area (Å²) in [5, 5.41) is 4.17. The number of rotatable bonds is 6. The molecule has 18 heavy (non-hydrogen) atoms. The Morgan fingerprint density at radius 3 is 2.83 bits per heavy atom. The number of hydrogen-bond donors (Lipinski definition) is 1. The van der Waals surface area contributed by atoms with Crippen molar-refractivity contribution in [2.45, 2.75) is 25.6 Å². The van der Waals surface area contributed by atoms with Crippen LogP contribution in [0.15, 0.2) is 36.5 Å². The Morgan fingerprint density at radius 1 is 1.28 bits per heavy atom. The molecule has 1 heterocycles. The van der Waals surface area contributed by atoms with E-state index in [1.165, 1.54) is 11.1 Å². The summed E-state index contributed by atoms with van der Waals surface area (Å²) in [5.41, 5.74) is 8.38. The van der Waals surface area contributed by atoms with Crippen molar-refractivity contribution < 1.29 is 0 Å². The highest BCUT2D eigenvalue weighted by Gasteiger charge is 1.98. The number of nitrogens with two attached hydrogens (primary N) is 1. The zero-order chi connectivity index (χ0) is 12.8. The van der Waals surface area contributed by atoms with E-state index in [0.29, 0.717) is 5.82 Å². The van der Waals surface area contributed by atoms with Crippen LogP contribution >= 0.6 is 11.8 Å². The van der Waals surface area contributed by atoms with Crippen LogP contribution in [0.1, 0.15) is 17.5 Å². The summed E-state index contributed by atoms with van der Waals surface area (Å²) >= 11 is 1.97. The Morgan fingerprint density at radius 2 is 2.11 bits per heavy atom. The first-order valence-electron chi connectivity index (χ1n) is 6.17. The number of hydrogen-bond acceptors (Lipinski definition) is 3. The summed E-state index contributed by atoms with van der Waals surface area (Å²) in [7, 11) is 0. The van der Waals surface area contributed by atoms with Crippen LogP contribution in [0.2, 0.25) is 0 Å². The van der Waals surface area contributed by atoms with Gasteiger partial charge in [-0.3, -0.25) is 4.68 Å². The second-order valence-electron chi connectivity index (χ2n) is 4.34. The van der Waals surface area contributed by atoms with Gasteiger partial charge in [0.15, 0.2) is 0 Å². The lowest BCUT2D eigenvalue weighted by atomic mass is 10.1. The molecule has 0 unspecified atom stereocenters. The van der Waals surface area contributed by atoms with Crippen molar-refractivity contribution in [3.05, 3.63) is 47.7 Å². The molecule has 96 valence electrons. The quantitative estimate of drug-likeness (QED) is 0.813. The van der Waals surface area contributed by atoms with Crippen LogP contribution in [0, 0.1) is 6.92 Å². The molecule has 0 fully saturated rings. The SMILES string of the molecule is Cc1ccccc1CSCCCn1ccc(N)n1. The maximum Gasteiger partial charge on any atom is 0.145 e. The van der Waals surface area contributed by atoms with Gasteiger partial charge in [0.1, 0.15) is 5.82 Å². The maximum absolute atomic E-state index is 5.56. The zero-order valence-corrected chi connectivity index (χ0v) is 11.5. The maximum atomic E-state index is 5.56. The first-order chi connectivity index (χ1) is 8.75. The van der Waals surface area contributed by atoms with E-state index in [9.17, 15) is 0 Å². The van der Waals surface area contributed by atoms with E-state index in [-0.39, 0.29) is 0 Å². The number of aromatic nitrogens is 2. The molecule has 0 aliphatic heterocycles. The van der Waals surface area contributed by atoms with Gasteiger partial charge in [-0.2, -0.15) is 16.9 Å². The van der Waals surface area contributed by atoms with E-state index in [0.717, 1.165) is 24.5 Å². The molecule has 0 saturated heterocycles. The van der Waals surface area contributed by atoms with Crippen molar-refractivity contribution in [1.82, 2.24) is 9.78 Å². The Balaban J connectivity index is 1.66. The Bertz CT molecular complexity index is 493. The van der Waals surface area contributed by atoms with Crippen LogP contribution in [0.4, 0.5) is 5.82 Å². The lowest BCUT2D eigenvalue weighted by Gasteiger charge is -2.05. The molecular weight excluding hydrogens is 242 g/mol. The first kappa shape index (κ1) is 13.0. The van der Waals surface area contributed by atoms with Gasteiger partial charge in [-0.25, -0.2) is 0 Å². The van der Waals surface area contributed by atoms with Gasteiger partial charge in [-0.05, 0) is 36.3 Å². The summed E-state index contributed by atoms with van der Waals surface area (Å²) in [4.78, 5) is 0. The van der Waals surface area contributed by atoms with Gasteiger partial charge in [-0.1, -0.05) is 24.3 Å². The smallest absolute Gasteiger partial charge is 0.145 e. The van der Waals surface area contributed by atoms with Gasteiger partial charge in [0.2, 0.25) is 0 Å². The van der Waals surface area contributed by atoms with Crippen LogP contribution in [0.25, 0.3) is 0 Å². The molecule has 0 atom stereocenters. The van der Waals surface area contributed by atoms with Crippen LogP contribution in [0.3, 0.4) is 0 Å². The molecule has 0 spiro atoms. The van der Waals surface area contributed by atoms with Crippen LogP contribution in [-0.4, -0.2) is 15.5 Å². The number of nitrogens with zero attached hydrogens (tertiary/aromatic N) is 2. The molecule has 4 heteroatoms. The number of anilines is 1. The molecule has 2 N–H and O–H groups in total. The normalized spacial score (nSPS) is 10.7. The van der Waals surface area contributed by atoms with Gasteiger partial charge in [0, 0.05) is 18.5 Å². The Kier molecular flexibility index (Phi) is 4.70. The van der Waals surface area contributed by atoms with Crippen molar-refractivity contribution in [3.63, 3.8) is 0 Å². The molecule has 1 aromatic heterocycles. The fourth-order valence-electron chi connectivity index (χ4n) is 1.78. The predicted molar refractivity (Wildman–Crippen MR) is 78.6 cm³/mol. The third-order valence-corrected chi connectivity index (χ3v) is 3.95. The molecule has 0 bridgehead atoms. The largest absolute Gasteiger partial charge is 0.382 e.